The lowest BCUT2D eigenvalue weighted by Gasteiger charge is -2.08. The van der Waals surface area contributed by atoms with Crippen LogP contribution >= 0.6 is 0 Å². The number of nitrogens with one attached hydrogen (secondary N) is 1. The molecule has 1 radical (unpaired) electrons. The van der Waals surface area contributed by atoms with Crippen LogP contribution in [0.3, 0.4) is 0 Å². The Morgan fingerprint density at radius 2 is 2.12 bits per heavy atom. The first-order chi connectivity index (χ1) is 3.66. The van der Waals surface area contributed by atoms with Gasteiger partial charge >= 0.3 is 0 Å². The van der Waals surface area contributed by atoms with Gasteiger partial charge in [-0.3, -0.25) is 0 Å². The smallest absolute Gasteiger partial charge is 0.136 e. The molecule has 0 aliphatic heterocycles. The average molecular weight is 114 g/mol. The van der Waals surface area contributed by atoms with Crippen molar-refractivity contribution in [2.45, 2.75) is 25.9 Å². The van der Waals surface area contributed by atoms with Crippen LogP contribution in [-0.2, 0) is 4.79 Å². The predicted molar refractivity (Wildman–Crippen MR) is 33.5 cm³/mol. The molecule has 0 rings (SSSR count). The molecule has 0 saturated carbocycles. The normalized spacial score (nSPS) is 14.0. The van der Waals surface area contributed by atoms with Crippen molar-refractivity contribution < 1.29 is 4.79 Å². The van der Waals surface area contributed by atoms with Crippen LogP contribution in [0.1, 0.15) is 13.8 Å². The minimum Gasteiger partial charge on any atom is -0.305 e. The second kappa shape index (κ2) is 3.61. The van der Waals surface area contributed by atoms with Crippen molar-refractivity contribution in [3.8, 4) is 0 Å². The highest BCUT2D eigenvalue weighted by Crippen LogP contribution is 1.79. The molecule has 1 unspecified atom stereocenters. The number of hydrogen-bond acceptors (Lipinski definition) is 2. The lowest BCUT2D eigenvalue weighted by atomic mass is 10.3. The number of hydrogen-bond donors (Lipinski definition) is 1. The summed E-state index contributed by atoms with van der Waals surface area (Å²) in [6.07, 6.45) is 0.792. The molecule has 2 nitrogen and oxygen atoms in total. The molecule has 1 N–H and O–H groups in total. The van der Waals surface area contributed by atoms with Gasteiger partial charge in [0.1, 0.15) is 6.29 Å². The van der Waals surface area contributed by atoms with Crippen molar-refractivity contribution in [1.29, 1.82) is 0 Å². The van der Waals surface area contributed by atoms with E-state index in [0.717, 1.165) is 6.29 Å². The van der Waals surface area contributed by atoms with Crippen LogP contribution in [0, 0.1) is 6.92 Å². The number of carbonyl (C=O) groups excluding carboxylic acids is 1. The Kier molecular flexibility index (Phi) is 3.44. The Morgan fingerprint density at radius 1 is 1.62 bits per heavy atom. The monoisotopic (exact) mass is 114 g/mol. The van der Waals surface area contributed by atoms with Crippen LogP contribution in [0.5, 0.6) is 0 Å². The van der Waals surface area contributed by atoms with E-state index in [0.29, 0.717) is 6.04 Å². The third-order valence-corrected chi connectivity index (χ3v) is 0.712. The summed E-state index contributed by atoms with van der Waals surface area (Å²) in [6.45, 7) is 7.47. The fourth-order valence-electron chi connectivity index (χ4n) is 0.467. The highest BCUT2D eigenvalue weighted by molar-refractivity contribution is 5.58. The Bertz CT molecular complexity index is 70.9. The topological polar surface area (TPSA) is 29.1 Å². The Morgan fingerprint density at radius 3 is 2.25 bits per heavy atom. The minimum atomic E-state index is -0.255. The van der Waals surface area contributed by atoms with Crippen LogP contribution < -0.4 is 5.32 Å². The highest BCUT2D eigenvalue weighted by atomic mass is 16.1. The van der Waals surface area contributed by atoms with Gasteiger partial charge in [0.2, 0.25) is 0 Å². The standard InChI is InChI=1S/C6H12NO/c1-5(2)7-6(3)4-8/h4-7H,3H2,1-2H3. The zero-order valence-corrected chi connectivity index (χ0v) is 5.35. The van der Waals surface area contributed by atoms with Crippen molar-refractivity contribution in [3.63, 3.8) is 0 Å². The number of carbonyl (C=O) groups is 1. The summed E-state index contributed by atoms with van der Waals surface area (Å²) >= 11 is 0. The summed E-state index contributed by atoms with van der Waals surface area (Å²) in [7, 11) is 0. The van der Waals surface area contributed by atoms with Gasteiger partial charge in [0.15, 0.2) is 0 Å². The molecule has 0 aromatic rings. The van der Waals surface area contributed by atoms with Gasteiger partial charge < -0.3 is 10.1 Å². The summed E-state index contributed by atoms with van der Waals surface area (Å²) in [5, 5.41) is 2.91. The Hall–Kier alpha value is -0.370. The van der Waals surface area contributed by atoms with E-state index >= 15 is 0 Å². The molecule has 0 aliphatic rings. The van der Waals surface area contributed by atoms with Crippen LogP contribution in [-0.4, -0.2) is 18.4 Å². The number of aldehydes is 1. The molecule has 2 heteroatoms. The van der Waals surface area contributed by atoms with Gasteiger partial charge in [0.25, 0.3) is 0 Å². The quantitative estimate of drug-likeness (QED) is 0.538. The third-order valence-electron chi connectivity index (χ3n) is 0.712. The van der Waals surface area contributed by atoms with Gasteiger partial charge in [0.05, 0.1) is 6.04 Å². The molecule has 0 heterocycles. The third kappa shape index (κ3) is 3.81. The van der Waals surface area contributed by atoms with E-state index in [-0.39, 0.29) is 6.04 Å². The maximum atomic E-state index is 9.92. The van der Waals surface area contributed by atoms with E-state index in [9.17, 15) is 4.79 Å². The SMILES string of the molecule is [CH2]C(C=O)NC(C)C. The van der Waals surface area contributed by atoms with Crippen molar-refractivity contribution in [3.05, 3.63) is 6.92 Å². The molecular formula is C6H12NO. The van der Waals surface area contributed by atoms with E-state index in [1.807, 2.05) is 13.8 Å². The van der Waals surface area contributed by atoms with Gasteiger partial charge in [-0.25, -0.2) is 0 Å². The molecule has 0 saturated heterocycles. The first kappa shape index (κ1) is 7.63. The van der Waals surface area contributed by atoms with Gasteiger partial charge in [0, 0.05) is 6.04 Å². The molecule has 8 heavy (non-hydrogen) atoms. The van der Waals surface area contributed by atoms with Gasteiger partial charge in [-0.1, -0.05) is 13.8 Å². The van der Waals surface area contributed by atoms with Gasteiger partial charge in [-0.15, -0.1) is 0 Å². The molecule has 0 spiro atoms. The van der Waals surface area contributed by atoms with Crippen LogP contribution in [0.4, 0.5) is 0 Å². The van der Waals surface area contributed by atoms with Gasteiger partial charge in [-0.05, 0) is 6.92 Å². The van der Waals surface area contributed by atoms with E-state index in [1.54, 1.807) is 0 Å². The summed E-state index contributed by atoms with van der Waals surface area (Å²) < 4.78 is 0. The molecular weight excluding hydrogens is 102 g/mol. The summed E-state index contributed by atoms with van der Waals surface area (Å²) in [5.41, 5.74) is 0. The second-order valence-electron chi connectivity index (χ2n) is 2.06. The summed E-state index contributed by atoms with van der Waals surface area (Å²) in [6, 6.07) is 0.0812. The number of rotatable bonds is 3. The van der Waals surface area contributed by atoms with Crippen molar-refractivity contribution in [2.24, 2.45) is 0 Å². The predicted octanol–water partition coefficient (Wildman–Crippen LogP) is 0.386. The van der Waals surface area contributed by atoms with E-state index < -0.39 is 0 Å². The lowest BCUT2D eigenvalue weighted by molar-refractivity contribution is -0.108. The fourth-order valence-corrected chi connectivity index (χ4v) is 0.467. The minimum absolute atomic E-state index is 0.255. The molecule has 0 aromatic heterocycles. The van der Waals surface area contributed by atoms with Crippen molar-refractivity contribution >= 4 is 6.29 Å². The van der Waals surface area contributed by atoms with E-state index in [2.05, 4.69) is 12.2 Å². The lowest BCUT2D eigenvalue weighted by Crippen LogP contribution is -2.33. The Balaban J connectivity index is 3.23. The first-order valence-electron chi connectivity index (χ1n) is 2.71. The molecule has 0 fully saturated rings. The first-order valence-corrected chi connectivity index (χ1v) is 2.71. The van der Waals surface area contributed by atoms with E-state index in [4.69, 9.17) is 0 Å². The van der Waals surface area contributed by atoms with Crippen LogP contribution in [0.25, 0.3) is 0 Å². The molecule has 1 atom stereocenters. The molecule has 47 valence electrons. The van der Waals surface area contributed by atoms with Crippen molar-refractivity contribution in [2.75, 3.05) is 0 Å². The molecule has 0 amide bonds. The zero-order valence-electron chi connectivity index (χ0n) is 5.35. The van der Waals surface area contributed by atoms with Crippen LogP contribution in [0.2, 0.25) is 0 Å². The average Bonchev–Trinajstić information content (AvgIpc) is 1.65. The molecule has 0 aromatic carbocycles. The molecule has 0 aliphatic carbocycles. The molecule has 0 bridgehead atoms. The summed E-state index contributed by atoms with van der Waals surface area (Å²) in [4.78, 5) is 9.92. The van der Waals surface area contributed by atoms with Crippen molar-refractivity contribution in [1.82, 2.24) is 5.32 Å². The Labute approximate surface area is 50.3 Å². The maximum absolute atomic E-state index is 9.92. The van der Waals surface area contributed by atoms with Gasteiger partial charge in [-0.2, -0.15) is 0 Å². The fraction of sp³-hybridized carbons (Fsp3) is 0.667. The van der Waals surface area contributed by atoms with Crippen LogP contribution in [0.15, 0.2) is 0 Å². The van der Waals surface area contributed by atoms with E-state index in [1.165, 1.54) is 0 Å². The summed E-state index contributed by atoms with van der Waals surface area (Å²) in [5.74, 6) is 0. The zero-order chi connectivity index (χ0) is 6.57. The second-order valence-corrected chi connectivity index (χ2v) is 2.06. The largest absolute Gasteiger partial charge is 0.305 e. The highest BCUT2D eigenvalue weighted by Gasteiger charge is 1.98. The maximum Gasteiger partial charge on any atom is 0.136 e.